The van der Waals surface area contributed by atoms with Gasteiger partial charge in [-0.1, -0.05) is 0 Å². The molecule has 1 fully saturated rings. The maximum absolute atomic E-state index is 11.5. The number of carbonyl (C=O) groups is 1. The van der Waals surface area contributed by atoms with Crippen molar-refractivity contribution in [2.45, 2.75) is 26.3 Å². The third-order valence-electron chi connectivity index (χ3n) is 3.15. The monoisotopic (exact) mass is 200 g/mol. The lowest BCUT2D eigenvalue weighted by molar-refractivity contribution is -0.152. The lowest BCUT2D eigenvalue weighted by Gasteiger charge is -2.32. The second-order valence-corrected chi connectivity index (χ2v) is 4.49. The van der Waals surface area contributed by atoms with Crippen molar-refractivity contribution in [3.05, 3.63) is 0 Å². The minimum absolute atomic E-state index is 0.134. The fraction of sp³-hybridized carbons (Fsp3) is 0.900. The summed E-state index contributed by atoms with van der Waals surface area (Å²) < 4.78 is 4.76. The second-order valence-electron chi connectivity index (χ2n) is 4.49. The molecule has 0 amide bonds. The van der Waals surface area contributed by atoms with Crippen molar-refractivity contribution in [2.24, 2.45) is 17.1 Å². The normalized spacial score (nSPS) is 24.7. The molecule has 0 aromatic rings. The number of rotatable bonds is 3. The smallest absolute Gasteiger partial charge is 0.312 e. The highest BCUT2D eigenvalue weighted by Gasteiger charge is 2.40. The summed E-state index contributed by atoms with van der Waals surface area (Å²) in [5.41, 5.74) is 5.50. The van der Waals surface area contributed by atoms with Gasteiger partial charge in [-0.3, -0.25) is 4.79 Å². The summed E-state index contributed by atoms with van der Waals surface area (Å²) in [6.45, 7) is 5.60. The Hall–Kier alpha value is -0.610. The maximum atomic E-state index is 11.5. The van der Waals surface area contributed by atoms with Gasteiger partial charge in [-0.05, 0) is 39.3 Å². The van der Waals surface area contributed by atoms with E-state index >= 15 is 0 Å². The van der Waals surface area contributed by atoms with Gasteiger partial charge >= 0.3 is 5.97 Å². The van der Waals surface area contributed by atoms with E-state index in [9.17, 15) is 4.79 Å². The van der Waals surface area contributed by atoms with Crippen LogP contribution in [0.1, 0.15) is 20.3 Å². The average molecular weight is 200 g/mol. The highest BCUT2D eigenvalue weighted by molar-refractivity contribution is 5.76. The Morgan fingerprint density at radius 3 is 2.71 bits per heavy atom. The zero-order valence-electron chi connectivity index (χ0n) is 9.17. The first-order chi connectivity index (χ1) is 6.50. The molecular weight excluding hydrogens is 180 g/mol. The molecule has 0 bridgehead atoms. The zero-order valence-corrected chi connectivity index (χ0v) is 9.17. The van der Waals surface area contributed by atoms with Crippen LogP contribution in [0.5, 0.6) is 0 Å². The molecule has 1 rings (SSSR count). The van der Waals surface area contributed by atoms with Crippen molar-refractivity contribution >= 4 is 5.97 Å². The van der Waals surface area contributed by atoms with E-state index in [0.717, 1.165) is 19.5 Å². The van der Waals surface area contributed by atoms with E-state index in [1.54, 1.807) is 0 Å². The Balaban J connectivity index is 2.65. The molecule has 1 aliphatic rings. The molecular formula is C10H20N2O2. The maximum Gasteiger partial charge on any atom is 0.312 e. The quantitative estimate of drug-likeness (QED) is 0.635. The van der Waals surface area contributed by atoms with Crippen LogP contribution >= 0.6 is 0 Å². The van der Waals surface area contributed by atoms with Gasteiger partial charge in [-0.15, -0.1) is 0 Å². The number of ether oxygens (including phenoxy) is 1. The number of methoxy groups -OCH3 is 1. The van der Waals surface area contributed by atoms with Crippen molar-refractivity contribution in [1.82, 2.24) is 5.32 Å². The van der Waals surface area contributed by atoms with Crippen molar-refractivity contribution in [3.8, 4) is 0 Å². The van der Waals surface area contributed by atoms with Gasteiger partial charge in [0.25, 0.3) is 0 Å². The van der Waals surface area contributed by atoms with Crippen LogP contribution < -0.4 is 11.1 Å². The zero-order chi connectivity index (χ0) is 10.8. The van der Waals surface area contributed by atoms with Gasteiger partial charge in [0.05, 0.1) is 12.5 Å². The molecule has 0 spiro atoms. The van der Waals surface area contributed by atoms with E-state index in [0.29, 0.717) is 5.92 Å². The Kier molecular flexibility index (Phi) is 3.50. The SMILES string of the molecule is COC(=O)C(C)(C)C(N)C1CCNC1. The lowest BCUT2D eigenvalue weighted by Crippen LogP contribution is -2.49. The van der Waals surface area contributed by atoms with Crippen LogP contribution in [0.15, 0.2) is 0 Å². The largest absolute Gasteiger partial charge is 0.469 e. The first-order valence-corrected chi connectivity index (χ1v) is 5.05. The molecule has 0 radical (unpaired) electrons. The molecule has 3 N–H and O–H groups in total. The van der Waals surface area contributed by atoms with E-state index in [1.807, 2.05) is 13.8 Å². The number of esters is 1. The lowest BCUT2D eigenvalue weighted by atomic mass is 9.77. The first kappa shape index (κ1) is 11.5. The van der Waals surface area contributed by atoms with Gasteiger partial charge in [-0.2, -0.15) is 0 Å². The van der Waals surface area contributed by atoms with Crippen LogP contribution in [0.4, 0.5) is 0 Å². The van der Waals surface area contributed by atoms with Crippen molar-refractivity contribution < 1.29 is 9.53 Å². The molecule has 1 heterocycles. The van der Waals surface area contributed by atoms with Crippen LogP contribution in [0.2, 0.25) is 0 Å². The summed E-state index contributed by atoms with van der Waals surface area (Å²) in [5.74, 6) is 0.154. The Labute approximate surface area is 85.2 Å². The average Bonchev–Trinajstić information content (AvgIpc) is 2.67. The number of hydrogen-bond donors (Lipinski definition) is 2. The number of nitrogens with two attached hydrogens (primary N) is 1. The van der Waals surface area contributed by atoms with Crippen molar-refractivity contribution in [1.29, 1.82) is 0 Å². The number of nitrogens with one attached hydrogen (secondary N) is 1. The van der Waals surface area contributed by atoms with Crippen LogP contribution in [0.3, 0.4) is 0 Å². The topological polar surface area (TPSA) is 64.3 Å². The van der Waals surface area contributed by atoms with Crippen molar-refractivity contribution in [3.63, 3.8) is 0 Å². The summed E-state index contributed by atoms with van der Waals surface area (Å²) in [4.78, 5) is 11.5. The molecule has 0 aliphatic carbocycles. The fourth-order valence-electron chi connectivity index (χ4n) is 1.97. The second kappa shape index (κ2) is 4.28. The van der Waals surface area contributed by atoms with E-state index in [-0.39, 0.29) is 12.0 Å². The number of hydrogen-bond acceptors (Lipinski definition) is 4. The predicted molar refractivity (Wildman–Crippen MR) is 54.7 cm³/mol. The number of carbonyl (C=O) groups excluding carboxylic acids is 1. The summed E-state index contributed by atoms with van der Waals surface area (Å²) in [6, 6.07) is -0.134. The molecule has 0 aromatic heterocycles. The highest BCUT2D eigenvalue weighted by atomic mass is 16.5. The van der Waals surface area contributed by atoms with Crippen LogP contribution in [0.25, 0.3) is 0 Å². The summed E-state index contributed by atoms with van der Waals surface area (Å²) in [5, 5.41) is 3.25. The minimum Gasteiger partial charge on any atom is -0.469 e. The van der Waals surface area contributed by atoms with Crippen molar-refractivity contribution in [2.75, 3.05) is 20.2 Å². The third kappa shape index (κ3) is 2.07. The Morgan fingerprint density at radius 1 is 1.64 bits per heavy atom. The van der Waals surface area contributed by atoms with E-state index in [1.165, 1.54) is 7.11 Å². The molecule has 2 atom stereocenters. The fourth-order valence-corrected chi connectivity index (χ4v) is 1.97. The molecule has 14 heavy (non-hydrogen) atoms. The Bertz CT molecular complexity index is 210. The van der Waals surface area contributed by atoms with E-state index in [4.69, 9.17) is 10.5 Å². The van der Waals surface area contributed by atoms with Crippen LogP contribution in [-0.2, 0) is 9.53 Å². The van der Waals surface area contributed by atoms with Gasteiger partial charge in [0.15, 0.2) is 0 Å². The van der Waals surface area contributed by atoms with Gasteiger partial charge in [0, 0.05) is 6.04 Å². The van der Waals surface area contributed by atoms with Crippen LogP contribution in [-0.4, -0.2) is 32.2 Å². The highest BCUT2D eigenvalue weighted by Crippen LogP contribution is 2.28. The summed E-state index contributed by atoms with van der Waals surface area (Å²) in [7, 11) is 1.41. The molecule has 2 unspecified atom stereocenters. The van der Waals surface area contributed by atoms with Gasteiger partial charge in [0.2, 0.25) is 0 Å². The Morgan fingerprint density at radius 2 is 2.29 bits per heavy atom. The molecule has 1 aliphatic heterocycles. The molecule has 82 valence electrons. The van der Waals surface area contributed by atoms with E-state index < -0.39 is 5.41 Å². The third-order valence-corrected chi connectivity index (χ3v) is 3.15. The van der Waals surface area contributed by atoms with Gasteiger partial charge in [-0.25, -0.2) is 0 Å². The minimum atomic E-state index is -0.592. The predicted octanol–water partition coefficient (Wildman–Crippen LogP) is 0.122. The molecule has 0 aromatic carbocycles. The summed E-state index contributed by atoms with van der Waals surface area (Å²) >= 11 is 0. The van der Waals surface area contributed by atoms with Crippen LogP contribution in [0, 0.1) is 11.3 Å². The van der Waals surface area contributed by atoms with Gasteiger partial charge in [0.1, 0.15) is 0 Å². The standard InChI is InChI=1S/C10H20N2O2/c1-10(2,9(13)14-3)8(11)7-4-5-12-6-7/h7-8,12H,4-6,11H2,1-3H3. The molecule has 4 heteroatoms. The molecule has 4 nitrogen and oxygen atoms in total. The summed E-state index contributed by atoms with van der Waals surface area (Å²) in [6.07, 6.45) is 1.04. The molecule has 1 saturated heterocycles. The first-order valence-electron chi connectivity index (χ1n) is 5.05. The van der Waals surface area contributed by atoms with Gasteiger partial charge < -0.3 is 15.8 Å². The van der Waals surface area contributed by atoms with E-state index in [2.05, 4.69) is 5.32 Å². The molecule has 0 saturated carbocycles.